The van der Waals surface area contributed by atoms with Crippen molar-refractivity contribution in [1.82, 2.24) is 10.2 Å². The van der Waals surface area contributed by atoms with E-state index in [0.29, 0.717) is 27.8 Å². The van der Waals surface area contributed by atoms with Gasteiger partial charge in [-0.2, -0.15) is 0 Å². The fraction of sp³-hybridized carbons (Fsp3) is 0.417. The molecular formula is C24H31Cl2N3O4S. The zero-order valence-electron chi connectivity index (χ0n) is 19.8. The van der Waals surface area contributed by atoms with Crippen LogP contribution in [0.25, 0.3) is 0 Å². The van der Waals surface area contributed by atoms with Crippen molar-refractivity contribution < 1.29 is 18.0 Å². The van der Waals surface area contributed by atoms with Gasteiger partial charge in [0.1, 0.15) is 12.6 Å². The third kappa shape index (κ3) is 7.61. The molecule has 0 aliphatic carbocycles. The Morgan fingerprint density at radius 1 is 1.06 bits per heavy atom. The van der Waals surface area contributed by atoms with Crippen LogP contribution in [-0.2, 0) is 32.6 Å². The molecule has 0 aromatic heterocycles. The van der Waals surface area contributed by atoms with E-state index in [0.717, 1.165) is 29.0 Å². The minimum atomic E-state index is -3.77. The van der Waals surface area contributed by atoms with Crippen LogP contribution < -0.4 is 9.62 Å². The minimum Gasteiger partial charge on any atom is -0.354 e. The molecule has 2 amide bonds. The van der Waals surface area contributed by atoms with Crippen LogP contribution in [-0.4, -0.2) is 50.5 Å². The summed E-state index contributed by atoms with van der Waals surface area (Å²) in [5.74, 6) is -0.867. The van der Waals surface area contributed by atoms with Crippen molar-refractivity contribution >= 4 is 50.7 Å². The zero-order valence-corrected chi connectivity index (χ0v) is 22.2. The topological polar surface area (TPSA) is 86.8 Å². The highest BCUT2D eigenvalue weighted by Crippen LogP contribution is 2.24. The molecule has 0 radical (unpaired) electrons. The number of halogens is 2. The average Bonchev–Trinajstić information content (AvgIpc) is 2.79. The quantitative estimate of drug-likeness (QED) is 0.472. The number of carbonyl (C=O) groups is 2. The summed E-state index contributed by atoms with van der Waals surface area (Å²) < 4.78 is 26.2. The molecule has 1 N–H and O–H groups in total. The van der Waals surface area contributed by atoms with Gasteiger partial charge in [-0.05, 0) is 55.2 Å². The van der Waals surface area contributed by atoms with Gasteiger partial charge in [0.15, 0.2) is 0 Å². The number of aryl methyl sites for hydroxylation is 1. The molecule has 2 aromatic rings. The van der Waals surface area contributed by atoms with E-state index in [9.17, 15) is 18.0 Å². The molecule has 1 unspecified atom stereocenters. The summed E-state index contributed by atoms with van der Waals surface area (Å²) in [4.78, 5) is 27.5. The van der Waals surface area contributed by atoms with E-state index in [-0.39, 0.29) is 12.5 Å². The first kappa shape index (κ1) is 28.0. The Balaban J connectivity index is 2.39. The second-order valence-electron chi connectivity index (χ2n) is 8.01. The predicted molar refractivity (Wildman–Crippen MR) is 138 cm³/mol. The molecule has 0 heterocycles. The van der Waals surface area contributed by atoms with E-state index in [4.69, 9.17) is 23.2 Å². The van der Waals surface area contributed by atoms with Crippen molar-refractivity contribution in [1.29, 1.82) is 0 Å². The first-order valence-corrected chi connectivity index (χ1v) is 13.7. The lowest BCUT2D eigenvalue weighted by Crippen LogP contribution is -2.51. The van der Waals surface area contributed by atoms with Gasteiger partial charge in [-0.3, -0.25) is 13.9 Å². The van der Waals surface area contributed by atoms with Gasteiger partial charge in [0, 0.05) is 23.1 Å². The molecule has 0 fully saturated rings. The standard InChI is InChI=1S/C24H31Cl2N3O4S/c1-5-13-27-24(31)17(3)28(15-19-9-10-20(25)14-22(19)26)23(30)16-29(34(4,32)33)21-11-7-18(6-2)8-12-21/h7-12,14,17H,5-6,13,15-16H2,1-4H3,(H,27,31). The Labute approximate surface area is 212 Å². The van der Waals surface area contributed by atoms with E-state index in [1.54, 1.807) is 37.3 Å². The van der Waals surface area contributed by atoms with Crippen molar-refractivity contribution in [3.8, 4) is 0 Å². The van der Waals surface area contributed by atoms with Crippen molar-refractivity contribution in [2.24, 2.45) is 0 Å². The first-order valence-electron chi connectivity index (χ1n) is 11.1. The number of anilines is 1. The number of carbonyl (C=O) groups excluding carboxylic acids is 2. The van der Waals surface area contributed by atoms with Crippen LogP contribution in [0.15, 0.2) is 42.5 Å². The molecule has 34 heavy (non-hydrogen) atoms. The molecule has 10 heteroatoms. The van der Waals surface area contributed by atoms with Crippen molar-refractivity contribution in [2.75, 3.05) is 23.7 Å². The smallest absolute Gasteiger partial charge is 0.244 e. The number of rotatable bonds is 11. The molecular weight excluding hydrogens is 497 g/mol. The van der Waals surface area contributed by atoms with Crippen LogP contribution in [0.3, 0.4) is 0 Å². The van der Waals surface area contributed by atoms with Crippen LogP contribution in [0.1, 0.15) is 38.3 Å². The van der Waals surface area contributed by atoms with Gasteiger partial charge in [-0.25, -0.2) is 8.42 Å². The molecule has 0 bridgehead atoms. The summed E-state index contributed by atoms with van der Waals surface area (Å²) in [6, 6.07) is 11.0. The molecule has 2 aromatic carbocycles. The third-order valence-corrected chi connectivity index (χ3v) is 7.11. The maximum atomic E-state index is 13.5. The third-order valence-electron chi connectivity index (χ3n) is 5.38. The molecule has 0 saturated carbocycles. The number of hydrogen-bond acceptors (Lipinski definition) is 4. The van der Waals surface area contributed by atoms with Gasteiger partial charge in [0.2, 0.25) is 21.8 Å². The summed E-state index contributed by atoms with van der Waals surface area (Å²) in [7, 11) is -3.77. The van der Waals surface area contributed by atoms with E-state index in [1.165, 1.54) is 4.90 Å². The maximum Gasteiger partial charge on any atom is 0.244 e. The van der Waals surface area contributed by atoms with Crippen molar-refractivity contribution in [3.05, 3.63) is 63.6 Å². The lowest BCUT2D eigenvalue weighted by Gasteiger charge is -2.31. The lowest BCUT2D eigenvalue weighted by atomic mass is 10.1. The average molecular weight is 529 g/mol. The number of hydrogen-bond donors (Lipinski definition) is 1. The molecule has 1 atom stereocenters. The number of amides is 2. The van der Waals surface area contributed by atoms with Gasteiger partial charge in [0.05, 0.1) is 11.9 Å². The summed E-state index contributed by atoms with van der Waals surface area (Å²) in [5.41, 5.74) is 2.01. The maximum absolute atomic E-state index is 13.5. The summed E-state index contributed by atoms with van der Waals surface area (Å²) in [5, 5.41) is 3.58. The minimum absolute atomic E-state index is 0.0158. The fourth-order valence-electron chi connectivity index (χ4n) is 3.32. The monoisotopic (exact) mass is 527 g/mol. The molecule has 0 spiro atoms. The summed E-state index contributed by atoms with van der Waals surface area (Å²) >= 11 is 12.3. The number of nitrogens with one attached hydrogen (secondary N) is 1. The van der Waals surface area contributed by atoms with Gasteiger partial charge in [-0.1, -0.05) is 55.2 Å². The Bertz CT molecular complexity index is 1110. The van der Waals surface area contributed by atoms with Gasteiger partial charge in [0.25, 0.3) is 0 Å². The van der Waals surface area contributed by atoms with E-state index in [2.05, 4.69) is 5.32 Å². The van der Waals surface area contributed by atoms with Crippen LogP contribution in [0.2, 0.25) is 10.0 Å². The van der Waals surface area contributed by atoms with Crippen LogP contribution in [0.5, 0.6) is 0 Å². The highest BCUT2D eigenvalue weighted by atomic mass is 35.5. The Morgan fingerprint density at radius 3 is 2.24 bits per heavy atom. The second kappa shape index (κ2) is 12.4. The Morgan fingerprint density at radius 2 is 1.71 bits per heavy atom. The summed E-state index contributed by atoms with van der Waals surface area (Å²) in [6.45, 7) is 5.55. The van der Waals surface area contributed by atoms with Crippen LogP contribution in [0, 0.1) is 0 Å². The first-order chi connectivity index (χ1) is 16.0. The molecule has 0 aliphatic rings. The Hall–Kier alpha value is -2.29. The number of benzene rings is 2. The lowest BCUT2D eigenvalue weighted by molar-refractivity contribution is -0.139. The highest BCUT2D eigenvalue weighted by molar-refractivity contribution is 7.92. The Kier molecular flexibility index (Phi) is 10.2. The molecule has 186 valence electrons. The van der Waals surface area contributed by atoms with E-state index >= 15 is 0 Å². The number of sulfonamides is 1. The predicted octanol–water partition coefficient (Wildman–Crippen LogP) is 4.27. The molecule has 7 nitrogen and oxygen atoms in total. The molecule has 0 saturated heterocycles. The van der Waals surface area contributed by atoms with Gasteiger partial charge in [-0.15, -0.1) is 0 Å². The van der Waals surface area contributed by atoms with Gasteiger partial charge >= 0.3 is 0 Å². The number of nitrogens with zero attached hydrogens (tertiary/aromatic N) is 2. The summed E-state index contributed by atoms with van der Waals surface area (Å²) in [6.07, 6.45) is 2.59. The van der Waals surface area contributed by atoms with E-state index in [1.807, 2.05) is 26.0 Å². The molecule has 2 rings (SSSR count). The molecule has 0 aliphatic heterocycles. The van der Waals surface area contributed by atoms with Crippen molar-refractivity contribution in [2.45, 2.75) is 46.2 Å². The van der Waals surface area contributed by atoms with Crippen LogP contribution >= 0.6 is 23.2 Å². The van der Waals surface area contributed by atoms with Gasteiger partial charge < -0.3 is 10.2 Å². The highest BCUT2D eigenvalue weighted by Gasteiger charge is 2.30. The largest absolute Gasteiger partial charge is 0.354 e. The zero-order chi connectivity index (χ0) is 25.5. The van der Waals surface area contributed by atoms with Crippen LogP contribution in [0.4, 0.5) is 5.69 Å². The normalized spacial score (nSPS) is 12.2. The van der Waals surface area contributed by atoms with Crippen molar-refractivity contribution in [3.63, 3.8) is 0 Å². The second-order valence-corrected chi connectivity index (χ2v) is 10.8. The fourth-order valence-corrected chi connectivity index (χ4v) is 4.64. The SMILES string of the molecule is CCCNC(=O)C(C)N(Cc1ccc(Cl)cc1Cl)C(=O)CN(c1ccc(CC)cc1)S(C)(=O)=O. The van der Waals surface area contributed by atoms with E-state index < -0.39 is 28.5 Å².